The molecule has 0 radical (unpaired) electrons. The van der Waals surface area contributed by atoms with Crippen molar-refractivity contribution in [1.29, 1.82) is 0 Å². The average molecular weight is 290 g/mol. The zero-order valence-corrected chi connectivity index (χ0v) is 10.9. The highest BCUT2D eigenvalue weighted by Gasteiger charge is 2.15. The van der Waals surface area contributed by atoms with Crippen molar-refractivity contribution < 1.29 is 8.42 Å². The molecular formula is C11H10N6O2S. The van der Waals surface area contributed by atoms with Crippen LogP contribution in [0.15, 0.2) is 54.2 Å². The number of sulfonamides is 1. The van der Waals surface area contributed by atoms with E-state index in [2.05, 4.69) is 25.1 Å². The number of hydrogen-bond acceptors (Lipinski definition) is 5. The number of hydrogen-bond donors (Lipinski definition) is 2. The van der Waals surface area contributed by atoms with Crippen LogP contribution in [0.3, 0.4) is 0 Å². The molecule has 9 heteroatoms. The smallest absolute Gasteiger partial charge is 0.265 e. The molecule has 1 aromatic carbocycles. The molecule has 0 atom stereocenters. The minimum absolute atomic E-state index is 0.0761. The summed E-state index contributed by atoms with van der Waals surface area (Å²) in [7, 11) is -3.64. The molecule has 3 rings (SSSR count). The lowest BCUT2D eigenvalue weighted by molar-refractivity contribution is 0.601. The fraction of sp³-hybridized carbons (Fsp3) is 0. The van der Waals surface area contributed by atoms with Gasteiger partial charge in [0.2, 0.25) is 0 Å². The summed E-state index contributed by atoms with van der Waals surface area (Å²) in [6, 6.07) is 6.90. The standard InChI is InChI=1S/C11H10N6O2S/c18-20(19,11-5-12-13-6-11)16-9-2-1-3-10(4-9)17-7-14-15-8-17/h1-8,16H,(H,12,13). The monoisotopic (exact) mass is 290 g/mol. The fourth-order valence-corrected chi connectivity index (χ4v) is 2.62. The third kappa shape index (κ3) is 2.38. The van der Waals surface area contributed by atoms with Gasteiger partial charge in [0.1, 0.15) is 17.6 Å². The van der Waals surface area contributed by atoms with E-state index in [0.29, 0.717) is 5.69 Å². The van der Waals surface area contributed by atoms with Gasteiger partial charge < -0.3 is 0 Å². The second-order valence-electron chi connectivity index (χ2n) is 3.96. The van der Waals surface area contributed by atoms with Crippen LogP contribution in [0.1, 0.15) is 0 Å². The van der Waals surface area contributed by atoms with E-state index >= 15 is 0 Å². The van der Waals surface area contributed by atoms with Crippen molar-refractivity contribution in [2.75, 3.05) is 4.72 Å². The first-order valence-corrected chi connectivity index (χ1v) is 7.10. The molecule has 0 amide bonds. The third-order valence-corrected chi connectivity index (χ3v) is 3.95. The van der Waals surface area contributed by atoms with Crippen LogP contribution in [0.5, 0.6) is 0 Å². The Labute approximate surface area is 114 Å². The van der Waals surface area contributed by atoms with Gasteiger partial charge in [0, 0.05) is 6.20 Å². The highest BCUT2D eigenvalue weighted by atomic mass is 32.2. The van der Waals surface area contributed by atoms with E-state index in [4.69, 9.17) is 0 Å². The molecule has 0 aliphatic heterocycles. The highest BCUT2D eigenvalue weighted by Crippen LogP contribution is 2.18. The zero-order valence-electron chi connectivity index (χ0n) is 10.1. The van der Waals surface area contributed by atoms with Crippen molar-refractivity contribution in [3.8, 4) is 5.69 Å². The zero-order chi connectivity index (χ0) is 14.0. The van der Waals surface area contributed by atoms with E-state index in [1.807, 2.05) is 6.07 Å². The normalized spacial score (nSPS) is 11.4. The SMILES string of the molecule is O=S(=O)(Nc1cccc(-n2cnnc2)c1)c1cn[nH]c1. The Morgan fingerprint density at radius 2 is 2.00 bits per heavy atom. The Balaban J connectivity index is 1.91. The van der Waals surface area contributed by atoms with Crippen LogP contribution in [0.25, 0.3) is 5.69 Å². The first-order valence-electron chi connectivity index (χ1n) is 5.62. The minimum atomic E-state index is -3.64. The number of rotatable bonds is 4. The predicted octanol–water partition coefficient (Wildman–Crippen LogP) is 0.791. The van der Waals surface area contributed by atoms with Crippen molar-refractivity contribution >= 4 is 15.7 Å². The van der Waals surface area contributed by atoms with E-state index in [1.54, 1.807) is 22.8 Å². The van der Waals surface area contributed by atoms with Crippen LogP contribution in [-0.4, -0.2) is 33.4 Å². The van der Waals surface area contributed by atoms with Gasteiger partial charge in [-0.1, -0.05) is 6.07 Å². The van der Waals surface area contributed by atoms with E-state index < -0.39 is 10.0 Å². The summed E-state index contributed by atoms with van der Waals surface area (Å²) in [4.78, 5) is 0.0761. The molecule has 0 fully saturated rings. The van der Waals surface area contributed by atoms with Crippen molar-refractivity contribution in [1.82, 2.24) is 25.0 Å². The van der Waals surface area contributed by atoms with Crippen LogP contribution in [0.4, 0.5) is 5.69 Å². The first-order chi connectivity index (χ1) is 9.65. The lowest BCUT2D eigenvalue weighted by atomic mass is 10.3. The maximum atomic E-state index is 12.1. The van der Waals surface area contributed by atoms with Gasteiger partial charge in [-0.2, -0.15) is 5.10 Å². The maximum Gasteiger partial charge on any atom is 0.265 e. The number of H-pyrrole nitrogens is 1. The van der Waals surface area contributed by atoms with Crippen molar-refractivity contribution in [3.63, 3.8) is 0 Å². The Morgan fingerprint density at radius 3 is 2.70 bits per heavy atom. The molecule has 8 nitrogen and oxygen atoms in total. The number of nitrogens with one attached hydrogen (secondary N) is 2. The number of nitrogens with zero attached hydrogens (tertiary/aromatic N) is 4. The van der Waals surface area contributed by atoms with Crippen LogP contribution < -0.4 is 4.72 Å². The largest absolute Gasteiger partial charge is 0.288 e. The first kappa shape index (κ1) is 12.4. The molecule has 0 saturated heterocycles. The fourth-order valence-electron chi connectivity index (χ4n) is 1.66. The summed E-state index contributed by atoms with van der Waals surface area (Å²) in [6.07, 6.45) is 5.62. The molecule has 2 heterocycles. The quantitative estimate of drug-likeness (QED) is 0.739. The molecule has 0 spiro atoms. The second kappa shape index (κ2) is 4.78. The molecule has 3 aromatic rings. The molecule has 0 aliphatic carbocycles. The van der Waals surface area contributed by atoms with Gasteiger partial charge in [-0.25, -0.2) is 8.42 Å². The minimum Gasteiger partial charge on any atom is -0.288 e. The summed E-state index contributed by atoms with van der Waals surface area (Å²) in [5.74, 6) is 0. The Hall–Kier alpha value is -2.68. The lowest BCUT2D eigenvalue weighted by Gasteiger charge is -2.08. The lowest BCUT2D eigenvalue weighted by Crippen LogP contribution is -2.12. The number of aromatic amines is 1. The molecule has 20 heavy (non-hydrogen) atoms. The molecule has 0 aliphatic rings. The van der Waals surface area contributed by atoms with E-state index in [0.717, 1.165) is 5.69 Å². The van der Waals surface area contributed by atoms with Crippen molar-refractivity contribution in [3.05, 3.63) is 49.3 Å². The average Bonchev–Trinajstić information content (AvgIpc) is 3.12. The molecule has 0 unspecified atom stereocenters. The topological polar surface area (TPSA) is 106 Å². The van der Waals surface area contributed by atoms with Crippen molar-refractivity contribution in [2.45, 2.75) is 4.90 Å². The third-order valence-electron chi connectivity index (χ3n) is 2.60. The molecule has 2 aromatic heterocycles. The van der Waals surface area contributed by atoms with Gasteiger partial charge in [0.05, 0.1) is 17.6 Å². The van der Waals surface area contributed by atoms with Gasteiger partial charge in [-0.05, 0) is 18.2 Å². The maximum absolute atomic E-state index is 12.1. The molecular weight excluding hydrogens is 280 g/mol. The Kier molecular flexibility index (Phi) is 2.95. The van der Waals surface area contributed by atoms with E-state index in [1.165, 1.54) is 25.0 Å². The van der Waals surface area contributed by atoms with Crippen LogP contribution >= 0.6 is 0 Å². The van der Waals surface area contributed by atoms with E-state index in [9.17, 15) is 8.42 Å². The molecule has 2 N–H and O–H groups in total. The van der Waals surface area contributed by atoms with Crippen molar-refractivity contribution in [2.24, 2.45) is 0 Å². The number of aromatic nitrogens is 5. The highest BCUT2D eigenvalue weighted by molar-refractivity contribution is 7.92. The Bertz CT molecular complexity index is 795. The molecule has 102 valence electrons. The summed E-state index contributed by atoms with van der Waals surface area (Å²) >= 11 is 0. The Morgan fingerprint density at radius 1 is 1.20 bits per heavy atom. The van der Waals surface area contributed by atoms with Gasteiger partial charge in [0.25, 0.3) is 10.0 Å². The van der Waals surface area contributed by atoms with Crippen LogP contribution in [0.2, 0.25) is 0 Å². The molecule has 0 bridgehead atoms. The van der Waals surface area contributed by atoms with Crippen LogP contribution in [0, 0.1) is 0 Å². The summed E-state index contributed by atoms with van der Waals surface area (Å²) in [5, 5.41) is 13.5. The van der Waals surface area contributed by atoms with Gasteiger partial charge in [-0.3, -0.25) is 14.4 Å². The number of anilines is 1. The summed E-state index contributed by atoms with van der Waals surface area (Å²) in [5.41, 5.74) is 1.19. The number of benzene rings is 1. The van der Waals surface area contributed by atoms with Gasteiger partial charge in [-0.15, -0.1) is 10.2 Å². The second-order valence-corrected chi connectivity index (χ2v) is 5.64. The van der Waals surface area contributed by atoms with Gasteiger partial charge in [0.15, 0.2) is 0 Å². The van der Waals surface area contributed by atoms with Gasteiger partial charge >= 0.3 is 0 Å². The summed E-state index contributed by atoms with van der Waals surface area (Å²) in [6.45, 7) is 0. The molecule has 0 saturated carbocycles. The summed E-state index contributed by atoms with van der Waals surface area (Å²) < 4.78 is 28.3. The predicted molar refractivity (Wildman–Crippen MR) is 70.8 cm³/mol. The van der Waals surface area contributed by atoms with E-state index in [-0.39, 0.29) is 4.90 Å². The van der Waals surface area contributed by atoms with Crippen LogP contribution in [-0.2, 0) is 10.0 Å².